The average molecular weight is 456 g/mol. The second-order valence-electron chi connectivity index (χ2n) is 6.77. The Bertz CT molecular complexity index is 1170. The zero-order valence-electron chi connectivity index (χ0n) is 16.0. The molecule has 1 aromatic heterocycles. The SMILES string of the molecule is N#Cc1ccn(-c2cccc(Br)c2)c1C(=O)NC(c1ccccc1)c1ccccc1. The lowest BCUT2D eigenvalue weighted by Gasteiger charge is -2.21. The number of benzene rings is 3. The summed E-state index contributed by atoms with van der Waals surface area (Å²) < 4.78 is 2.64. The van der Waals surface area contributed by atoms with Crippen LogP contribution < -0.4 is 5.32 Å². The summed E-state index contributed by atoms with van der Waals surface area (Å²) in [7, 11) is 0. The van der Waals surface area contributed by atoms with Gasteiger partial charge in [-0.1, -0.05) is 82.7 Å². The third kappa shape index (κ3) is 4.05. The van der Waals surface area contributed by atoms with Crippen molar-refractivity contribution in [3.63, 3.8) is 0 Å². The van der Waals surface area contributed by atoms with Gasteiger partial charge in [0, 0.05) is 16.4 Å². The molecule has 0 aliphatic heterocycles. The number of nitrogens with zero attached hydrogens (tertiary/aromatic N) is 2. The average Bonchev–Trinajstić information content (AvgIpc) is 3.23. The van der Waals surface area contributed by atoms with E-state index >= 15 is 0 Å². The molecule has 0 atom stereocenters. The molecule has 0 spiro atoms. The molecule has 0 saturated heterocycles. The highest BCUT2D eigenvalue weighted by Crippen LogP contribution is 2.25. The quantitative estimate of drug-likeness (QED) is 0.423. The van der Waals surface area contributed by atoms with Gasteiger partial charge >= 0.3 is 0 Å². The summed E-state index contributed by atoms with van der Waals surface area (Å²) in [5.74, 6) is -0.311. The summed E-state index contributed by atoms with van der Waals surface area (Å²) in [6.45, 7) is 0. The van der Waals surface area contributed by atoms with E-state index in [-0.39, 0.29) is 11.9 Å². The van der Waals surface area contributed by atoms with Crippen LogP contribution in [0.15, 0.2) is 102 Å². The van der Waals surface area contributed by atoms with Gasteiger partial charge in [0.05, 0.1) is 11.6 Å². The number of rotatable bonds is 5. The Labute approximate surface area is 183 Å². The van der Waals surface area contributed by atoms with E-state index in [1.807, 2.05) is 84.9 Å². The van der Waals surface area contributed by atoms with Crippen LogP contribution in [-0.2, 0) is 0 Å². The van der Waals surface area contributed by atoms with Gasteiger partial charge in [-0.3, -0.25) is 4.79 Å². The Hall–Kier alpha value is -3.62. The van der Waals surface area contributed by atoms with Crippen molar-refractivity contribution in [1.29, 1.82) is 5.26 Å². The summed E-state index contributed by atoms with van der Waals surface area (Å²) in [4.78, 5) is 13.4. The maximum Gasteiger partial charge on any atom is 0.270 e. The van der Waals surface area contributed by atoms with Gasteiger partial charge in [-0.05, 0) is 35.4 Å². The Kier molecular flexibility index (Phi) is 5.78. The van der Waals surface area contributed by atoms with E-state index < -0.39 is 0 Å². The molecule has 0 fully saturated rings. The minimum absolute atomic E-state index is 0.311. The number of carbonyl (C=O) groups excluding carboxylic acids is 1. The van der Waals surface area contributed by atoms with E-state index in [0.29, 0.717) is 11.3 Å². The van der Waals surface area contributed by atoms with Crippen molar-refractivity contribution in [2.24, 2.45) is 0 Å². The highest BCUT2D eigenvalue weighted by atomic mass is 79.9. The highest BCUT2D eigenvalue weighted by Gasteiger charge is 2.23. The Balaban J connectivity index is 1.75. The number of carbonyl (C=O) groups is 1. The van der Waals surface area contributed by atoms with Crippen LogP contribution in [0.3, 0.4) is 0 Å². The first kappa shape index (κ1) is 19.7. The molecule has 0 unspecified atom stereocenters. The number of nitrogens with one attached hydrogen (secondary N) is 1. The van der Waals surface area contributed by atoms with Crippen LogP contribution in [0.5, 0.6) is 0 Å². The third-order valence-electron chi connectivity index (χ3n) is 4.85. The Morgan fingerprint density at radius 2 is 1.53 bits per heavy atom. The van der Waals surface area contributed by atoms with E-state index in [9.17, 15) is 10.1 Å². The highest BCUT2D eigenvalue weighted by molar-refractivity contribution is 9.10. The zero-order valence-corrected chi connectivity index (χ0v) is 17.6. The normalized spacial score (nSPS) is 10.6. The van der Waals surface area contributed by atoms with Crippen LogP contribution in [0.4, 0.5) is 0 Å². The molecule has 4 aromatic rings. The maximum atomic E-state index is 13.4. The number of hydrogen-bond donors (Lipinski definition) is 1. The molecular formula is C25H18BrN3O. The Morgan fingerprint density at radius 1 is 0.900 bits per heavy atom. The van der Waals surface area contributed by atoms with E-state index in [4.69, 9.17) is 0 Å². The second kappa shape index (κ2) is 8.81. The summed E-state index contributed by atoms with van der Waals surface area (Å²) in [5.41, 5.74) is 3.37. The molecule has 0 aliphatic rings. The molecule has 1 heterocycles. The molecule has 1 amide bonds. The van der Waals surface area contributed by atoms with E-state index in [0.717, 1.165) is 21.3 Å². The van der Waals surface area contributed by atoms with Crippen LogP contribution in [0, 0.1) is 11.3 Å². The van der Waals surface area contributed by atoms with Gasteiger partial charge in [0.1, 0.15) is 11.8 Å². The van der Waals surface area contributed by atoms with Crippen molar-refractivity contribution >= 4 is 21.8 Å². The first-order valence-electron chi connectivity index (χ1n) is 9.45. The van der Waals surface area contributed by atoms with E-state index in [1.54, 1.807) is 16.8 Å². The lowest BCUT2D eigenvalue weighted by Crippen LogP contribution is -2.31. The van der Waals surface area contributed by atoms with Crippen LogP contribution in [-0.4, -0.2) is 10.5 Å². The molecule has 0 saturated carbocycles. The fourth-order valence-corrected chi connectivity index (χ4v) is 3.83. The minimum atomic E-state index is -0.336. The fourth-order valence-electron chi connectivity index (χ4n) is 3.44. The molecule has 4 nitrogen and oxygen atoms in total. The summed E-state index contributed by atoms with van der Waals surface area (Å²) in [6.07, 6.45) is 1.75. The molecule has 0 radical (unpaired) electrons. The van der Waals surface area contributed by atoms with Crippen molar-refractivity contribution in [3.05, 3.63) is 124 Å². The topological polar surface area (TPSA) is 57.8 Å². The first-order chi connectivity index (χ1) is 14.7. The maximum absolute atomic E-state index is 13.4. The van der Waals surface area contributed by atoms with E-state index in [1.165, 1.54) is 0 Å². The number of amides is 1. The smallest absolute Gasteiger partial charge is 0.270 e. The monoisotopic (exact) mass is 455 g/mol. The van der Waals surface area contributed by atoms with Crippen molar-refractivity contribution in [2.75, 3.05) is 0 Å². The molecule has 5 heteroatoms. The molecule has 1 N–H and O–H groups in total. The molecule has 4 rings (SSSR count). The molecule has 0 aliphatic carbocycles. The summed E-state index contributed by atoms with van der Waals surface area (Å²) in [6, 6.07) is 30.7. The zero-order chi connectivity index (χ0) is 20.9. The van der Waals surface area contributed by atoms with Crippen LogP contribution in [0.1, 0.15) is 33.2 Å². The van der Waals surface area contributed by atoms with Crippen LogP contribution >= 0.6 is 15.9 Å². The van der Waals surface area contributed by atoms with Crippen LogP contribution in [0.2, 0.25) is 0 Å². The van der Waals surface area contributed by atoms with Gasteiger partial charge in [-0.2, -0.15) is 5.26 Å². The predicted molar refractivity (Wildman–Crippen MR) is 120 cm³/mol. The van der Waals surface area contributed by atoms with Gasteiger partial charge in [-0.15, -0.1) is 0 Å². The third-order valence-corrected chi connectivity index (χ3v) is 5.34. The second-order valence-corrected chi connectivity index (χ2v) is 7.68. The fraction of sp³-hybridized carbons (Fsp3) is 0.0400. The van der Waals surface area contributed by atoms with Gasteiger partial charge in [0.25, 0.3) is 5.91 Å². The van der Waals surface area contributed by atoms with Crippen LogP contribution in [0.25, 0.3) is 5.69 Å². The predicted octanol–water partition coefficient (Wildman–Crippen LogP) is 5.63. The van der Waals surface area contributed by atoms with Gasteiger partial charge in [0.2, 0.25) is 0 Å². The van der Waals surface area contributed by atoms with E-state index in [2.05, 4.69) is 27.3 Å². The van der Waals surface area contributed by atoms with Crippen molar-refractivity contribution < 1.29 is 4.79 Å². The summed E-state index contributed by atoms with van der Waals surface area (Å²) >= 11 is 3.47. The Morgan fingerprint density at radius 3 is 2.10 bits per heavy atom. The number of aromatic nitrogens is 1. The van der Waals surface area contributed by atoms with Gasteiger partial charge in [0.15, 0.2) is 0 Å². The largest absolute Gasteiger partial charge is 0.340 e. The number of nitriles is 1. The van der Waals surface area contributed by atoms with Crippen molar-refractivity contribution in [2.45, 2.75) is 6.04 Å². The standard InChI is InChI=1S/C25H18BrN3O/c26-21-12-7-13-22(16-21)29-15-14-20(17-27)24(29)25(30)28-23(18-8-3-1-4-9-18)19-10-5-2-6-11-19/h1-16,23H,(H,28,30). The van der Waals surface area contributed by atoms with Gasteiger partial charge < -0.3 is 9.88 Å². The molecule has 0 bridgehead atoms. The van der Waals surface area contributed by atoms with Gasteiger partial charge in [-0.25, -0.2) is 0 Å². The molecule has 30 heavy (non-hydrogen) atoms. The molecular weight excluding hydrogens is 438 g/mol. The number of hydrogen-bond acceptors (Lipinski definition) is 2. The molecule has 146 valence electrons. The lowest BCUT2D eigenvalue weighted by molar-refractivity contribution is 0.0936. The number of halogens is 1. The van der Waals surface area contributed by atoms with Crippen molar-refractivity contribution in [3.8, 4) is 11.8 Å². The first-order valence-corrected chi connectivity index (χ1v) is 10.2. The van der Waals surface area contributed by atoms with Crippen molar-refractivity contribution in [1.82, 2.24) is 9.88 Å². The summed E-state index contributed by atoms with van der Waals surface area (Å²) in [5, 5.41) is 12.7. The minimum Gasteiger partial charge on any atom is -0.340 e. The molecule has 3 aromatic carbocycles. The lowest BCUT2D eigenvalue weighted by atomic mass is 9.98.